The zero-order valence-corrected chi connectivity index (χ0v) is 11.9. The lowest BCUT2D eigenvalue weighted by Crippen LogP contribution is -2.28. The maximum atomic E-state index is 4.57. The first kappa shape index (κ1) is 12.7. The molecule has 0 radical (unpaired) electrons. The van der Waals surface area contributed by atoms with Crippen LogP contribution in [0.5, 0.6) is 0 Å². The second-order valence-electron chi connectivity index (χ2n) is 5.70. The lowest BCUT2D eigenvalue weighted by molar-refractivity contribution is 0.453. The molecule has 0 amide bonds. The standard InChI is InChI=1S/C16H23N3/c1-3-7-19-8-5-16-14-9-13(10-17-11-14)15(16)4-6-18-12(19)2/h4-6,8,13-14,17H,3,7,9-11H2,1-2H3. The predicted octanol–water partition coefficient (Wildman–Crippen LogP) is 2.90. The summed E-state index contributed by atoms with van der Waals surface area (Å²) < 4.78 is 2.26. The molecule has 0 spiro atoms. The molecule has 1 aromatic heterocycles. The Hall–Kier alpha value is -1.35. The summed E-state index contributed by atoms with van der Waals surface area (Å²) in [5.41, 5.74) is 3.03. The van der Waals surface area contributed by atoms with Crippen LogP contribution in [0.2, 0.25) is 0 Å². The zero-order chi connectivity index (χ0) is 13.2. The number of piperidine rings is 1. The van der Waals surface area contributed by atoms with Crippen molar-refractivity contribution in [1.82, 2.24) is 14.9 Å². The van der Waals surface area contributed by atoms with Crippen LogP contribution < -0.4 is 5.32 Å². The second-order valence-corrected chi connectivity index (χ2v) is 5.70. The summed E-state index contributed by atoms with van der Waals surface area (Å²) in [6, 6.07) is 4.56. The fraction of sp³-hybridized carbons (Fsp3) is 0.562. The summed E-state index contributed by atoms with van der Waals surface area (Å²) >= 11 is 0. The number of fused-ring (bicyclic) bond motifs is 5. The van der Waals surface area contributed by atoms with Gasteiger partial charge in [0.1, 0.15) is 5.82 Å². The van der Waals surface area contributed by atoms with Crippen LogP contribution in [0.1, 0.15) is 48.6 Å². The molecular formula is C16H23N3. The van der Waals surface area contributed by atoms with Gasteiger partial charge in [0.25, 0.3) is 0 Å². The molecule has 19 heavy (non-hydrogen) atoms. The average molecular weight is 257 g/mol. The molecule has 2 heterocycles. The number of aryl methyl sites for hydroxylation is 2. The summed E-state index contributed by atoms with van der Waals surface area (Å²) in [6.07, 6.45) is 6.66. The fourth-order valence-electron chi connectivity index (χ4n) is 3.41. The van der Waals surface area contributed by atoms with Crippen molar-refractivity contribution in [3.63, 3.8) is 0 Å². The number of nitrogens with zero attached hydrogens (tertiary/aromatic N) is 2. The summed E-state index contributed by atoms with van der Waals surface area (Å²) in [7, 11) is 0. The van der Waals surface area contributed by atoms with Crippen LogP contribution in [0.25, 0.3) is 0 Å². The van der Waals surface area contributed by atoms with Gasteiger partial charge in [-0.05, 0) is 54.9 Å². The van der Waals surface area contributed by atoms with Crippen LogP contribution in [0.15, 0.2) is 24.5 Å². The van der Waals surface area contributed by atoms with Crippen molar-refractivity contribution in [3.05, 3.63) is 41.5 Å². The molecule has 2 unspecified atom stereocenters. The van der Waals surface area contributed by atoms with Crippen molar-refractivity contribution in [2.45, 2.75) is 45.1 Å². The van der Waals surface area contributed by atoms with Crippen molar-refractivity contribution < 1.29 is 0 Å². The van der Waals surface area contributed by atoms with E-state index in [2.05, 4.69) is 47.0 Å². The molecule has 2 bridgehead atoms. The van der Waals surface area contributed by atoms with E-state index in [-0.39, 0.29) is 0 Å². The van der Waals surface area contributed by atoms with Gasteiger partial charge in [0.05, 0.1) is 0 Å². The first-order valence-corrected chi connectivity index (χ1v) is 7.40. The minimum absolute atomic E-state index is 0.683. The number of hydrogen-bond donors (Lipinski definition) is 1. The monoisotopic (exact) mass is 257 g/mol. The summed E-state index contributed by atoms with van der Waals surface area (Å²) in [5.74, 6) is 2.46. The Morgan fingerprint density at radius 1 is 1.26 bits per heavy atom. The first-order valence-electron chi connectivity index (χ1n) is 7.40. The van der Waals surface area contributed by atoms with E-state index in [1.54, 1.807) is 0 Å². The average Bonchev–Trinajstić information content (AvgIpc) is 2.69. The van der Waals surface area contributed by atoms with E-state index in [0.717, 1.165) is 31.9 Å². The summed E-state index contributed by atoms with van der Waals surface area (Å²) in [4.78, 5) is 4.57. The minimum Gasteiger partial charge on any atom is -0.337 e. The first-order chi connectivity index (χ1) is 9.29. The molecule has 1 saturated heterocycles. The fourth-order valence-corrected chi connectivity index (χ4v) is 3.41. The molecule has 2 aliphatic rings. The van der Waals surface area contributed by atoms with Gasteiger partial charge in [-0.2, -0.15) is 0 Å². The van der Waals surface area contributed by atoms with Crippen LogP contribution in [0.3, 0.4) is 0 Å². The van der Waals surface area contributed by atoms with E-state index in [0.29, 0.717) is 11.8 Å². The number of rotatable bonds is 2. The molecule has 1 N–H and O–H groups in total. The summed E-state index contributed by atoms with van der Waals surface area (Å²) in [6.45, 7) is 7.58. The van der Waals surface area contributed by atoms with Gasteiger partial charge in [0.2, 0.25) is 0 Å². The third-order valence-electron chi connectivity index (χ3n) is 4.39. The van der Waals surface area contributed by atoms with Crippen LogP contribution in [0.4, 0.5) is 0 Å². The number of aromatic nitrogens is 2. The normalized spacial score (nSPS) is 23.9. The van der Waals surface area contributed by atoms with Crippen molar-refractivity contribution in [2.24, 2.45) is 0 Å². The van der Waals surface area contributed by atoms with E-state index in [4.69, 9.17) is 0 Å². The van der Waals surface area contributed by atoms with Crippen LogP contribution in [0, 0.1) is 6.92 Å². The highest BCUT2D eigenvalue weighted by Crippen LogP contribution is 2.42. The Labute approximate surface area is 115 Å². The smallest absolute Gasteiger partial charge is 0.105 e. The lowest BCUT2D eigenvalue weighted by atomic mass is 9.97. The molecule has 102 valence electrons. The van der Waals surface area contributed by atoms with Crippen molar-refractivity contribution >= 4 is 0 Å². The van der Waals surface area contributed by atoms with E-state index in [9.17, 15) is 0 Å². The Morgan fingerprint density at radius 2 is 2.00 bits per heavy atom. The largest absolute Gasteiger partial charge is 0.337 e. The van der Waals surface area contributed by atoms with Gasteiger partial charge in [-0.3, -0.25) is 0 Å². The SMILES string of the molecule is CCCn1ccc2c(ccnc1C)C1CNCC2C1. The number of nitrogens with one attached hydrogen (secondary N) is 1. The second kappa shape index (κ2) is 5.33. The van der Waals surface area contributed by atoms with E-state index in [1.807, 2.05) is 6.20 Å². The molecule has 0 aromatic carbocycles. The van der Waals surface area contributed by atoms with Gasteiger partial charge in [0, 0.05) is 32.0 Å². The lowest BCUT2D eigenvalue weighted by Gasteiger charge is -2.20. The van der Waals surface area contributed by atoms with Crippen molar-refractivity contribution in [2.75, 3.05) is 13.1 Å². The van der Waals surface area contributed by atoms with Gasteiger partial charge in [-0.15, -0.1) is 0 Å². The zero-order valence-electron chi connectivity index (χ0n) is 11.9. The Kier molecular flexibility index (Phi) is 3.56. The van der Waals surface area contributed by atoms with E-state index in [1.165, 1.54) is 17.5 Å². The maximum Gasteiger partial charge on any atom is 0.105 e. The van der Waals surface area contributed by atoms with Crippen LogP contribution in [-0.4, -0.2) is 22.6 Å². The van der Waals surface area contributed by atoms with Gasteiger partial charge in [-0.25, -0.2) is 4.98 Å². The van der Waals surface area contributed by atoms with E-state index >= 15 is 0 Å². The van der Waals surface area contributed by atoms with Gasteiger partial charge in [-0.1, -0.05) is 6.92 Å². The molecule has 1 aliphatic heterocycles. The molecule has 2 atom stereocenters. The topological polar surface area (TPSA) is 29.9 Å². The van der Waals surface area contributed by atoms with Crippen molar-refractivity contribution in [1.29, 1.82) is 0 Å². The van der Waals surface area contributed by atoms with Gasteiger partial charge >= 0.3 is 0 Å². The third kappa shape index (κ3) is 2.39. The van der Waals surface area contributed by atoms with Crippen LogP contribution in [-0.2, 0) is 6.54 Å². The third-order valence-corrected chi connectivity index (χ3v) is 4.39. The van der Waals surface area contributed by atoms with Crippen LogP contribution >= 0.6 is 0 Å². The van der Waals surface area contributed by atoms with Gasteiger partial charge in [0.15, 0.2) is 0 Å². The quantitative estimate of drug-likeness (QED) is 0.883. The molecule has 1 aliphatic carbocycles. The summed E-state index contributed by atoms with van der Waals surface area (Å²) in [5, 5.41) is 3.55. The highest BCUT2D eigenvalue weighted by atomic mass is 15.0. The molecule has 3 rings (SSSR count). The highest BCUT2D eigenvalue weighted by molar-refractivity contribution is 5.37. The van der Waals surface area contributed by atoms with Crippen molar-refractivity contribution in [3.8, 4) is 0 Å². The Balaban J connectivity index is 2.12. The predicted molar refractivity (Wildman–Crippen MR) is 77.9 cm³/mol. The minimum atomic E-state index is 0.683. The maximum absolute atomic E-state index is 4.57. The highest BCUT2D eigenvalue weighted by Gasteiger charge is 2.33. The molecule has 1 fully saturated rings. The van der Waals surface area contributed by atoms with E-state index < -0.39 is 0 Å². The Morgan fingerprint density at radius 3 is 2.74 bits per heavy atom. The molecule has 3 heteroatoms. The van der Waals surface area contributed by atoms with Gasteiger partial charge < -0.3 is 9.88 Å². The molecule has 0 saturated carbocycles. The molecule has 1 aromatic rings. The number of hydrogen-bond acceptors (Lipinski definition) is 2. The molecular weight excluding hydrogens is 234 g/mol. The molecule has 3 nitrogen and oxygen atoms in total. The Bertz CT molecular complexity index is 517.